The average molecular weight is 506 g/mol. The van der Waals surface area contributed by atoms with Crippen molar-refractivity contribution < 1.29 is 26.7 Å². The van der Waals surface area contributed by atoms with Crippen LogP contribution >= 0.6 is 11.3 Å². The van der Waals surface area contributed by atoms with Crippen LogP contribution in [-0.2, 0) is 10.0 Å². The van der Waals surface area contributed by atoms with Crippen molar-refractivity contribution in [2.75, 3.05) is 24.3 Å². The molecule has 0 bridgehead atoms. The molecular weight excluding hydrogens is 488 g/mol. The summed E-state index contributed by atoms with van der Waals surface area (Å²) in [7, 11) is -1.23. The highest BCUT2D eigenvalue weighted by atomic mass is 32.2. The molecule has 0 aliphatic carbocycles. The van der Waals surface area contributed by atoms with E-state index in [0.717, 1.165) is 12.1 Å². The van der Waals surface area contributed by atoms with Crippen LogP contribution in [0.15, 0.2) is 58.8 Å². The lowest BCUT2D eigenvalue weighted by Gasteiger charge is -2.10. The highest BCUT2D eigenvalue weighted by Gasteiger charge is 2.17. The van der Waals surface area contributed by atoms with E-state index in [9.17, 15) is 17.2 Å². The van der Waals surface area contributed by atoms with Crippen LogP contribution in [0, 0.1) is 11.6 Å². The third-order valence-corrected chi connectivity index (χ3v) is 6.57. The second-order valence-electron chi connectivity index (χ2n) is 6.70. The minimum absolute atomic E-state index is 0.0113. The van der Waals surface area contributed by atoms with Crippen molar-refractivity contribution in [3.8, 4) is 23.1 Å². The molecule has 13 heteroatoms. The number of hydrogen-bond donors (Lipinski definition) is 2. The number of methoxy groups -OCH3 is 2. The molecule has 9 nitrogen and oxygen atoms in total. The van der Waals surface area contributed by atoms with Crippen molar-refractivity contribution in [2.45, 2.75) is 4.90 Å². The fourth-order valence-corrected chi connectivity index (χ4v) is 4.56. The van der Waals surface area contributed by atoms with Gasteiger partial charge in [-0.1, -0.05) is 0 Å². The number of thiazole rings is 1. The second kappa shape index (κ2) is 9.57. The average Bonchev–Trinajstić information content (AvgIpc) is 3.26. The van der Waals surface area contributed by atoms with Gasteiger partial charge in [0.2, 0.25) is 5.88 Å². The van der Waals surface area contributed by atoms with Crippen molar-refractivity contribution in [1.82, 2.24) is 15.0 Å². The highest BCUT2D eigenvalue weighted by molar-refractivity contribution is 7.92. The van der Waals surface area contributed by atoms with Gasteiger partial charge < -0.3 is 14.8 Å². The lowest BCUT2D eigenvalue weighted by atomic mass is 10.1. The normalized spacial score (nSPS) is 11.2. The van der Waals surface area contributed by atoms with Crippen LogP contribution in [0.1, 0.15) is 0 Å². The third-order valence-electron chi connectivity index (χ3n) is 4.44. The lowest BCUT2D eigenvalue weighted by Crippen LogP contribution is -2.14. The summed E-state index contributed by atoms with van der Waals surface area (Å²) in [6.07, 6.45) is 0. The fraction of sp³-hybridized carbons (Fsp3) is 0.0952. The molecule has 0 atom stereocenters. The molecule has 4 aromatic rings. The van der Waals surface area contributed by atoms with E-state index in [1.807, 2.05) is 0 Å². The first-order valence-corrected chi connectivity index (χ1v) is 11.9. The summed E-state index contributed by atoms with van der Waals surface area (Å²) in [5.74, 6) is -1.27. The largest absolute Gasteiger partial charge is 0.481 e. The van der Waals surface area contributed by atoms with E-state index in [4.69, 9.17) is 9.47 Å². The summed E-state index contributed by atoms with van der Waals surface area (Å²) in [5, 5.41) is 5.11. The molecule has 2 aromatic carbocycles. The van der Waals surface area contributed by atoms with Crippen LogP contribution in [-0.4, -0.2) is 37.6 Å². The van der Waals surface area contributed by atoms with Gasteiger partial charge in [0.25, 0.3) is 10.0 Å². The maximum atomic E-state index is 14.0. The van der Waals surface area contributed by atoms with Crippen LogP contribution in [0.3, 0.4) is 0 Å². The molecule has 0 spiro atoms. The van der Waals surface area contributed by atoms with E-state index in [-0.39, 0.29) is 28.2 Å². The number of benzene rings is 2. The quantitative estimate of drug-likeness (QED) is 0.361. The Morgan fingerprint density at radius 2 is 1.71 bits per heavy atom. The maximum absolute atomic E-state index is 14.0. The van der Waals surface area contributed by atoms with Gasteiger partial charge in [0.05, 0.1) is 24.8 Å². The number of hydrogen-bond acceptors (Lipinski definition) is 9. The van der Waals surface area contributed by atoms with Crippen LogP contribution in [0.2, 0.25) is 0 Å². The molecule has 0 aliphatic heterocycles. The first-order chi connectivity index (χ1) is 16.3. The molecule has 4 rings (SSSR count). The van der Waals surface area contributed by atoms with Gasteiger partial charge in [-0.05, 0) is 36.4 Å². The molecule has 0 aliphatic rings. The molecule has 2 aromatic heterocycles. The second-order valence-corrected chi connectivity index (χ2v) is 9.24. The molecule has 0 unspecified atom stereocenters. The summed E-state index contributed by atoms with van der Waals surface area (Å²) in [5.41, 5.74) is 1.09. The first kappa shape index (κ1) is 23.3. The molecule has 34 heavy (non-hydrogen) atoms. The number of halogens is 2. The van der Waals surface area contributed by atoms with Gasteiger partial charge in [-0.25, -0.2) is 22.2 Å². The van der Waals surface area contributed by atoms with Gasteiger partial charge in [0.1, 0.15) is 11.6 Å². The number of rotatable bonds is 8. The van der Waals surface area contributed by atoms with Gasteiger partial charge in [0, 0.05) is 28.8 Å². The van der Waals surface area contributed by atoms with E-state index < -0.39 is 21.7 Å². The molecule has 2 N–H and O–H groups in total. The van der Waals surface area contributed by atoms with E-state index in [1.54, 1.807) is 17.5 Å². The lowest BCUT2D eigenvalue weighted by molar-refractivity contribution is 0.353. The highest BCUT2D eigenvalue weighted by Crippen LogP contribution is 2.29. The maximum Gasteiger partial charge on any atom is 0.321 e. The zero-order valence-corrected chi connectivity index (χ0v) is 19.4. The number of sulfonamides is 1. The van der Waals surface area contributed by atoms with Gasteiger partial charge >= 0.3 is 6.01 Å². The number of nitrogens with one attached hydrogen (secondary N) is 2. The third kappa shape index (κ3) is 5.21. The topological polar surface area (TPSA) is 115 Å². The van der Waals surface area contributed by atoms with E-state index in [2.05, 4.69) is 25.0 Å². The van der Waals surface area contributed by atoms with Gasteiger partial charge in [-0.15, -0.1) is 11.3 Å². The van der Waals surface area contributed by atoms with Crippen molar-refractivity contribution in [2.24, 2.45) is 0 Å². The number of ether oxygens (including phenoxy) is 2. The number of nitrogens with zero attached hydrogens (tertiary/aromatic N) is 3. The molecule has 0 saturated carbocycles. The smallest absolute Gasteiger partial charge is 0.321 e. The first-order valence-electron chi connectivity index (χ1n) is 9.55. The van der Waals surface area contributed by atoms with E-state index >= 15 is 0 Å². The Kier molecular flexibility index (Phi) is 6.56. The Labute approximate surface area is 197 Å². The SMILES string of the molecule is COc1cc(NS(=O)(=O)c2ccc(Nc3nc(-c4ccc(F)cc4F)cs3)cc2)nc(OC)n1. The Hall–Kier alpha value is -3.84. The van der Waals surface area contributed by atoms with E-state index in [0.29, 0.717) is 16.5 Å². The molecule has 0 radical (unpaired) electrons. The van der Waals surface area contributed by atoms with E-state index in [1.165, 1.54) is 49.8 Å². The predicted molar refractivity (Wildman–Crippen MR) is 123 cm³/mol. The van der Waals surface area contributed by atoms with Crippen molar-refractivity contribution >= 4 is 38.0 Å². The molecular formula is C21H17F2N5O4S2. The Morgan fingerprint density at radius 1 is 0.941 bits per heavy atom. The Balaban J connectivity index is 1.48. The van der Waals surface area contributed by atoms with Crippen LogP contribution in [0.25, 0.3) is 11.3 Å². The molecule has 0 amide bonds. The molecule has 176 valence electrons. The van der Waals surface area contributed by atoms with Crippen molar-refractivity contribution in [1.29, 1.82) is 0 Å². The summed E-state index contributed by atoms with van der Waals surface area (Å²) in [6, 6.07) is 10.4. The summed E-state index contributed by atoms with van der Waals surface area (Å²) < 4.78 is 64.9. The van der Waals surface area contributed by atoms with Crippen LogP contribution < -0.4 is 19.5 Å². The summed E-state index contributed by atoms with van der Waals surface area (Å²) in [6.45, 7) is 0. The fourth-order valence-electron chi connectivity index (χ4n) is 2.84. The van der Waals surface area contributed by atoms with Crippen LogP contribution in [0.5, 0.6) is 11.9 Å². The van der Waals surface area contributed by atoms with Gasteiger partial charge in [-0.3, -0.25) is 4.72 Å². The monoisotopic (exact) mass is 505 g/mol. The Morgan fingerprint density at radius 3 is 2.38 bits per heavy atom. The predicted octanol–water partition coefficient (Wildman–Crippen LogP) is 4.44. The minimum Gasteiger partial charge on any atom is -0.481 e. The van der Waals surface area contributed by atoms with Gasteiger partial charge in [0.15, 0.2) is 10.9 Å². The number of anilines is 3. The van der Waals surface area contributed by atoms with Crippen molar-refractivity contribution in [3.63, 3.8) is 0 Å². The number of aromatic nitrogens is 3. The van der Waals surface area contributed by atoms with Crippen molar-refractivity contribution in [3.05, 3.63) is 65.5 Å². The minimum atomic E-state index is -3.96. The summed E-state index contributed by atoms with van der Waals surface area (Å²) in [4.78, 5) is 12.2. The molecule has 2 heterocycles. The molecule has 0 fully saturated rings. The zero-order valence-electron chi connectivity index (χ0n) is 17.7. The standard InChI is InChI=1S/C21H17F2N5O4S2/c1-31-19-10-18(26-20(27-19)32-2)28-34(29,30)14-6-4-13(5-7-14)24-21-25-17(11-33-21)15-8-3-12(22)9-16(15)23/h3-11H,1-2H3,(H,24,25)(H,26,27,28). The molecule has 0 saturated heterocycles. The van der Waals surface area contributed by atoms with Crippen LogP contribution in [0.4, 0.5) is 25.4 Å². The summed E-state index contributed by atoms with van der Waals surface area (Å²) >= 11 is 1.22. The van der Waals surface area contributed by atoms with Gasteiger partial charge in [-0.2, -0.15) is 9.97 Å². The zero-order chi connectivity index (χ0) is 24.3. The Bertz CT molecular complexity index is 1410.